The molecule has 0 saturated carbocycles. The number of hydrogen-bond acceptors (Lipinski definition) is 17. The summed E-state index contributed by atoms with van der Waals surface area (Å²) >= 11 is 0. The number of nitrogens with zero attached hydrogens (tertiary/aromatic N) is 15. The number of oxazole rings is 3. The fourth-order valence-electron chi connectivity index (χ4n) is 18.0. The predicted octanol–water partition coefficient (Wildman–Crippen LogP) is 31.7. The molecule has 0 atom stereocenters. The maximum atomic E-state index is 7.34. The van der Waals surface area contributed by atoms with E-state index in [1.807, 2.05) is 352 Å². The van der Waals surface area contributed by atoms with Crippen LogP contribution in [0.5, 0.6) is 0 Å². The summed E-state index contributed by atoms with van der Waals surface area (Å²) in [6, 6.07) is 155. The maximum absolute atomic E-state index is 7.34. The van der Waals surface area contributed by atoms with Gasteiger partial charge < -0.3 is 13.3 Å². The minimum absolute atomic E-state index is 0.561. The van der Waals surface area contributed by atoms with Gasteiger partial charge in [-0.05, 0) is 130 Å². The number of benzene rings is 18. The van der Waals surface area contributed by atoms with Crippen LogP contribution in [0.15, 0.2) is 493 Å². The zero-order valence-electron chi connectivity index (χ0n) is 77.5. The van der Waals surface area contributed by atoms with Crippen LogP contribution < -0.4 is 0 Å². The Morgan fingerprint density at radius 3 is 0.717 bits per heavy atom. The van der Waals surface area contributed by atoms with Gasteiger partial charge in [-0.15, -0.1) is 0 Å². The molecule has 18 aromatic carbocycles. The molecular weight excluding hydrogens is 1780 g/mol. The van der Waals surface area contributed by atoms with E-state index >= 15 is 0 Å². The van der Waals surface area contributed by atoms with Crippen LogP contribution >= 0.6 is 0 Å². The summed E-state index contributed by atoms with van der Waals surface area (Å²) in [6.45, 7) is 7.34. The first kappa shape index (κ1) is 87.5. The molecule has 8 heterocycles. The van der Waals surface area contributed by atoms with E-state index in [1.54, 1.807) is 0 Å². The van der Waals surface area contributed by atoms with Crippen molar-refractivity contribution in [3.8, 4) is 204 Å². The molecule has 8 aromatic heterocycles. The zero-order chi connectivity index (χ0) is 96.7. The lowest BCUT2D eigenvalue weighted by atomic mass is 9.95. The number of hydrogen-bond donors (Lipinski definition) is 0. The number of pyridine rings is 2. The standard InChI is InChI=1S/2C43H27N5O.C41H25N5O/c1-4-13-29(14-5-1)40-46-41(30-15-6-2-7-16-30)48-42(47-40)33-21-10-20-32(25-33)36-26-34(35-23-11-19-28-22-12-24-44-38(28)35)27-37-39(36)45-43(49-37)31-17-8-3-9-18-31;1-4-12-30(13-5-1)40-46-41(31-14-6-2-7-15-31)48-42(47-40)32-23-21-28(22-24-32)36-26-34(35-20-10-18-29-19-11-25-44-38(29)35)27-37-39(36)45-43(49-37)33-16-8-3-9-17-33;1-42-34-23-21-27(22-24-34)33-25-35(37-36(26-33)47-41(43-37)32-15-9-4-10-16-32)28-17-19-31(20-18-28)40-45-38(29-11-5-2-6-12-29)44-39(46-40)30-13-7-3-8-14-30/h2*1-27H;2-26H. The van der Waals surface area contributed by atoms with Gasteiger partial charge >= 0.3 is 0 Å². The zero-order valence-corrected chi connectivity index (χ0v) is 77.5. The number of rotatable bonds is 18. The van der Waals surface area contributed by atoms with E-state index in [0.29, 0.717) is 92.5 Å². The second kappa shape index (κ2) is 39.3. The van der Waals surface area contributed by atoms with Gasteiger partial charge in [0.2, 0.25) is 17.7 Å². The molecule has 0 spiro atoms. The van der Waals surface area contributed by atoms with E-state index in [2.05, 4.69) is 132 Å². The van der Waals surface area contributed by atoms with Gasteiger partial charge in [-0.1, -0.05) is 376 Å². The van der Waals surface area contributed by atoms with Crippen molar-refractivity contribution in [2.45, 2.75) is 0 Å². The van der Waals surface area contributed by atoms with Gasteiger partial charge in [-0.3, -0.25) is 9.97 Å². The molecule has 145 heavy (non-hydrogen) atoms. The molecule has 0 radical (unpaired) electrons. The average molecular weight is 1860 g/mol. The van der Waals surface area contributed by atoms with E-state index in [9.17, 15) is 0 Å². The first-order chi connectivity index (χ1) is 71.7. The molecule has 18 nitrogen and oxygen atoms in total. The Bertz CT molecular complexity index is 9090. The lowest BCUT2D eigenvalue weighted by Crippen LogP contribution is -2.00. The van der Waals surface area contributed by atoms with Gasteiger partial charge in [0.25, 0.3) is 0 Å². The molecule has 0 bridgehead atoms. The fraction of sp³-hybridized carbons (Fsp3) is 0. The fourth-order valence-corrected chi connectivity index (χ4v) is 18.0. The molecule has 0 amide bonds. The van der Waals surface area contributed by atoms with Gasteiger partial charge in [0, 0.05) is 118 Å². The molecular formula is C127H79N15O3. The quantitative estimate of drug-likeness (QED) is 0.0728. The van der Waals surface area contributed by atoms with Crippen LogP contribution in [-0.4, -0.2) is 69.8 Å². The molecule has 0 fully saturated rings. The third kappa shape index (κ3) is 18.4. The number of fused-ring (bicyclic) bond motifs is 5. The largest absolute Gasteiger partial charge is 0.436 e. The Labute approximate surface area is 832 Å². The van der Waals surface area contributed by atoms with E-state index in [-0.39, 0.29) is 0 Å². The molecule has 0 unspecified atom stereocenters. The molecule has 0 aliphatic rings. The van der Waals surface area contributed by atoms with Crippen LogP contribution in [0.2, 0.25) is 0 Å². The minimum Gasteiger partial charge on any atom is -0.436 e. The van der Waals surface area contributed by atoms with Crippen LogP contribution in [-0.2, 0) is 0 Å². The predicted molar refractivity (Wildman–Crippen MR) is 577 cm³/mol. The summed E-state index contributed by atoms with van der Waals surface area (Å²) in [4.78, 5) is 72.1. The molecule has 26 aromatic rings. The Morgan fingerprint density at radius 2 is 0.400 bits per heavy atom. The van der Waals surface area contributed by atoms with Gasteiger partial charge in [-0.2, -0.15) is 0 Å². The second-order valence-corrected chi connectivity index (χ2v) is 34.5. The highest BCUT2D eigenvalue weighted by molar-refractivity contribution is 6.04. The van der Waals surface area contributed by atoms with E-state index < -0.39 is 0 Å². The van der Waals surface area contributed by atoms with Crippen LogP contribution in [0.25, 0.3) is 264 Å². The molecule has 18 heteroatoms. The van der Waals surface area contributed by atoms with E-state index in [0.717, 1.165) is 172 Å². The molecule has 0 aliphatic carbocycles. The summed E-state index contributed by atoms with van der Waals surface area (Å²) in [5.74, 6) is 7.22. The van der Waals surface area contributed by atoms with Crippen LogP contribution in [0, 0.1) is 6.57 Å². The third-order valence-corrected chi connectivity index (χ3v) is 25.2. The van der Waals surface area contributed by atoms with Crippen molar-refractivity contribution in [1.82, 2.24) is 69.8 Å². The van der Waals surface area contributed by atoms with Crippen molar-refractivity contribution in [1.29, 1.82) is 0 Å². The topological polar surface area (TPSA) is 224 Å². The highest BCUT2D eigenvalue weighted by atomic mass is 16.4. The van der Waals surface area contributed by atoms with Crippen molar-refractivity contribution in [3.63, 3.8) is 0 Å². The Morgan fingerprint density at radius 1 is 0.159 bits per heavy atom. The molecule has 0 saturated heterocycles. The summed E-state index contributed by atoms with van der Waals surface area (Å²) < 4.78 is 19.2. The molecule has 0 N–H and O–H groups in total. The molecule has 26 rings (SSSR count). The smallest absolute Gasteiger partial charge is 0.227 e. The van der Waals surface area contributed by atoms with E-state index in [4.69, 9.17) is 89.6 Å². The summed E-state index contributed by atoms with van der Waals surface area (Å²) in [5.41, 5.74) is 29.6. The number of para-hydroxylation sites is 2. The van der Waals surface area contributed by atoms with Crippen LogP contribution in [0.3, 0.4) is 0 Å². The lowest BCUT2D eigenvalue weighted by Gasteiger charge is -2.11. The maximum Gasteiger partial charge on any atom is 0.227 e. The monoisotopic (exact) mass is 1860 g/mol. The lowest BCUT2D eigenvalue weighted by molar-refractivity contribution is 0.619. The first-order valence-corrected chi connectivity index (χ1v) is 47.3. The van der Waals surface area contributed by atoms with Crippen molar-refractivity contribution < 1.29 is 13.3 Å². The van der Waals surface area contributed by atoms with Gasteiger partial charge in [-0.25, -0.2) is 64.7 Å². The highest BCUT2D eigenvalue weighted by Crippen LogP contribution is 2.45. The Hall–Kier alpha value is -20.3. The SMILES string of the molecule is [C-]#[N+]c1ccc(-c2cc(-c3ccc(-c4nc(-c5ccccc5)nc(-c5ccccc5)n4)cc3)c3nc(-c4ccccc4)oc3c2)cc1.c1ccc(-c2nc(-c3ccccc3)nc(-c3ccc(-c4cc(-c5cccc6cccnc56)cc5oc(-c6ccccc6)nc45)cc3)n2)cc1.c1ccc(-c2nc(-c3ccccc3)nc(-c3cccc(-c4cc(-c5cccc6cccnc56)cc5oc(-c6ccccc6)nc45)c3)n2)cc1. The van der Waals surface area contributed by atoms with Crippen molar-refractivity contribution >= 4 is 60.8 Å². The van der Waals surface area contributed by atoms with Crippen molar-refractivity contribution in [2.75, 3.05) is 0 Å². The normalized spacial score (nSPS) is 11.2. The van der Waals surface area contributed by atoms with Gasteiger partial charge in [0.15, 0.2) is 74.9 Å². The van der Waals surface area contributed by atoms with Gasteiger partial charge in [0.1, 0.15) is 16.6 Å². The summed E-state index contributed by atoms with van der Waals surface area (Å²) in [6.07, 6.45) is 3.67. The summed E-state index contributed by atoms with van der Waals surface area (Å²) in [7, 11) is 0. The first-order valence-electron chi connectivity index (χ1n) is 47.3. The number of aromatic nitrogens is 14. The molecule has 0 aliphatic heterocycles. The Kier molecular flexibility index (Phi) is 23.7. The molecule has 680 valence electrons. The second-order valence-electron chi connectivity index (χ2n) is 34.5. The average Bonchev–Trinajstić information content (AvgIpc) is 1.67. The minimum atomic E-state index is 0.561. The van der Waals surface area contributed by atoms with Crippen LogP contribution in [0.1, 0.15) is 0 Å². The summed E-state index contributed by atoms with van der Waals surface area (Å²) in [5, 5.41) is 2.15. The van der Waals surface area contributed by atoms with Crippen molar-refractivity contribution in [2.24, 2.45) is 0 Å². The van der Waals surface area contributed by atoms with Gasteiger partial charge in [0.05, 0.1) is 17.6 Å². The highest BCUT2D eigenvalue weighted by Gasteiger charge is 2.25. The third-order valence-electron chi connectivity index (χ3n) is 25.2. The van der Waals surface area contributed by atoms with E-state index in [1.165, 1.54) is 0 Å². The van der Waals surface area contributed by atoms with Crippen LogP contribution in [0.4, 0.5) is 5.69 Å². The Balaban J connectivity index is 0.000000117. The van der Waals surface area contributed by atoms with Crippen molar-refractivity contribution in [3.05, 3.63) is 491 Å².